The van der Waals surface area contributed by atoms with Gasteiger partial charge in [-0.05, 0) is 35.4 Å². The minimum atomic E-state index is 0. The van der Waals surface area contributed by atoms with Crippen LogP contribution in [0.4, 0.5) is 0 Å². The Morgan fingerprint density at radius 2 is 1.00 bits per heavy atom. The second-order valence-electron chi connectivity index (χ2n) is 6.44. The van der Waals surface area contributed by atoms with E-state index in [-0.39, 0.29) is 27.3 Å². The monoisotopic (exact) mass is 630 g/mol. The Bertz CT molecular complexity index is 1110. The summed E-state index contributed by atoms with van der Waals surface area (Å²) in [7, 11) is 0. The van der Waals surface area contributed by atoms with Crippen molar-refractivity contribution < 1.29 is 0 Å². The number of benzene rings is 2. The number of hydrogen-bond donors (Lipinski definition) is 0. The second kappa shape index (κ2) is 10.5. The van der Waals surface area contributed by atoms with Crippen molar-refractivity contribution in [2.45, 2.75) is 0 Å². The smallest absolute Gasteiger partial charge is 0.330 e. The molecule has 4 heterocycles. The third-order valence-corrected chi connectivity index (χ3v) is 4.49. The first-order chi connectivity index (χ1) is 15.9. The van der Waals surface area contributed by atoms with Crippen LogP contribution in [0.1, 0.15) is 0 Å². The maximum Gasteiger partial charge on any atom is 2.00 e. The van der Waals surface area contributed by atoms with Crippen LogP contribution in [0.25, 0.3) is 34.2 Å². The van der Waals surface area contributed by atoms with E-state index in [0.29, 0.717) is 11.6 Å². The Balaban J connectivity index is 0.000000152. The van der Waals surface area contributed by atoms with Crippen molar-refractivity contribution in [3.05, 3.63) is 86.0 Å². The van der Waals surface area contributed by atoms with E-state index in [2.05, 4.69) is 51.2 Å². The molecule has 2 radical (unpaired) electrons. The van der Waals surface area contributed by atoms with E-state index in [9.17, 15) is 0 Å². The first-order valence-electron chi connectivity index (χ1n) is 9.42. The Morgan fingerprint density at radius 1 is 0.576 bits per heavy atom. The number of imidazole rings is 2. The number of aromatic nitrogens is 12. The maximum absolute atomic E-state index is 3.99. The van der Waals surface area contributed by atoms with E-state index < -0.39 is 0 Å². The molecule has 0 N–H and O–H groups in total. The first-order valence-corrected chi connectivity index (χ1v) is 9.42. The molecule has 33 heavy (non-hydrogen) atoms. The minimum Gasteiger partial charge on any atom is -0.330 e. The molecule has 4 aromatic heterocycles. The Morgan fingerprint density at radius 3 is 1.30 bits per heavy atom. The van der Waals surface area contributed by atoms with Crippen LogP contribution >= 0.6 is 0 Å². The van der Waals surface area contributed by atoms with Gasteiger partial charge >= 0.3 is 27.3 Å². The maximum atomic E-state index is 3.99. The summed E-state index contributed by atoms with van der Waals surface area (Å²) in [5.74, 6) is 1.08. The van der Waals surface area contributed by atoms with Crippen molar-refractivity contribution in [1.82, 2.24) is 60.4 Å². The molecule has 0 saturated heterocycles. The fourth-order valence-electron chi connectivity index (χ4n) is 2.91. The normalized spacial score (nSPS) is 10.2. The van der Waals surface area contributed by atoms with Gasteiger partial charge in [0.25, 0.3) is 0 Å². The van der Waals surface area contributed by atoms with Crippen LogP contribution in [0.15, 0.2) is 86.0 Å². The van der Waals surface area contributed by atoms with Gasteiger partial charge in [-0.2, -0.15) is 10.4 Å². The molecular weight excluding hydrogens is 616 g/mol. The van der Waals surface area contributed by atoms with E-state index in [1.165, 1.54) is 0 Å². The van der Waals surface area contributed by atoms with Crippen LogP contribution < -0.4 is 10.2 Å². The third-order valence-electron chi connectivity index (χ3n) is 4.49. The molecule has 0 amide bonds. The molecule has 2 aromatic carbocycles. The molecule has 0 aliphatic heterocycles. The number of nitrogens with zero attached hydrogens (tertiary/aromatic N) is 12. The zero-order valence-electron chi connectivity index (χ0n) is 16.9. The van der Waals surface area contributed by atoms with Crippen LogP contribution in [0.3, 0.4) is 0 Å². The van der Waals surface area contributed by atoms with Gasteiger partial charge in [-0.15, -0.1) is 0 Å². The van der Waals surface area contributed by atoms with Crippen LogP contribution in [0, 0.1) is 0 Å². The van der Waals surface area contributed by atoms with Crippen molar-refractivity contribution in [3.63, 3.8) is 0 Å². The average Bonchev–Trinajstić information content (AvgIpc) is 3.69. The quantitative estimate of drug-likeness (QED) is 0.259. The van der Waals surface area contributed by atoms with Crippen molar-refractivity contribution in [1.29, 1.82) is 0 Å². The van der Waals surface area contributed by atoms with Crippen molar-refractivity contribution >= 4 is 27.3 Å². The SMILES string of the molecule is [Pb+2].c1cn(-c2ccc(-c3nnn[n-]3)cc2)cn1.c1cn(-c2ccc(-c3nnn[n-]3)cc2)cn1. The molecule has 0 aliphatic rings. The van der Waals surface area contributed by atoms with Gasteiger partial charge in [0.2, 0.25) is 0 Å². The third kappa shape index (κ3) is 5.23. The van der Waals surface area contributed by atoms with E-state index in [4.69, 9.17) is 0 Å². The molecular formula is C20H14N12Pb. The van der Waals surface area contributed by atoms with E-state index >= 15 is 0 Å². The van der Waals surface area contributed by atoms with Crippen LogP contribution in [-0.2, 0) is 0 Å². The summed E-state index contributed by atoms with van der Waals surface area (Å²) < 4.78 is 3.85. The van der Waals surface area contributed by atoms with E-state index in [0.717, 1.165) is 22.5 Å². The average molecular weight is 630 g/mol. The van der Waals surface area contributed by atoms with Gasteiger partial charge in [-0.1, -0.05) is 24.3 Å². The fourth-order valence-corrected chi connectivity index (χ4v) is 2.91. The summed E-state index contributed by atoms with van der Waals surface area (Å²) in [5, 5.41) is 28.9. The molecule has 0 spiro atoms. The first kappa shape index (κ1) is 22.1. The van der Waals surface area contributed by atoms with Gasteiger partial charge in [0.15, 0.2) is 0 Å². The molecule has 158 valence electrons. The standard InChI is InChI=1S/2C10H7N6.Pb/c2*1-3-9(16-6-5-11-7-16)4-2-8(1)10-12-14-15-13-10;/h2*1-7H;/q2*-1;+2. The summed E-state index contributed by atoms with van der Waals surface area (Å²) in [5.41, 5.74) is 3.87. The molecule has 0 saturated carbocycles. The van der Waals surface area contributed by atoms with E-state index in [1.54, 1.807) is 25.0 Å². The van der Waals surface area contributed by atoms with E-state index in [1.807, 2.05) is 70.1 Å². The molecule has 6 aromatic rings. The van der Waals surface area contributed by atoms with Gasteiger partial charge in [0.05, 0.1) is 12.7 Å². The zero-order chi connectivity index (χ0) is 21.6. The second-order valence-corrected chi connectivity index (χ2v) is 6.44. The Labute approximate surface area is 207 Å². The molecule has 0 fully saturated rings. The van der Waals surface area contributed by atoms with Crippen LogP contribution in [-0.4, -0.2) is 77.5 Å². The van der Waals surface area contributed by atoms with Crippen molar-refractivity contribution in [3.8, 4) is 34.2 Å². The molecule has 0 bridgehead atoms. The topological polar surface area (TPSA) is 141 Å². The Hall–Kier alpha value is -4.08. The van der Waals surface area contributed by atoms with Gasteiger partial charge in [-0.25, -0.2) is 9.97 Å². The molecule has 0 aliphatic carbocycles. The van der Waals surface area contributed by atoms with Crippen LogP contribution in [0.5, 0.6) is 0 Å². The molecule has 0 atom stereocenters. The molecule has 6 rings (SSSR count). The largest absolute Gasteiger partial charge is 2.00 e. The molecule has 0 unspecified atom stereocenters. The number of tetrazole rings is 2. The van der Waals surface area contributed by atoms with Gasteiger partial charge in [-0.3, -0.25) is 20.6 Å². The van der Waals surface area contributed by atoms with Gasteiger partial charge in [0, 0.05) is 47.8 Å². The van der Waals surface area contributed by atoms with Crippen LogP contribution in [0.2, 0.25) is 0 Å². The van der Waals surface area contributed by atoms with Gasteiger partial charge < -0.3 is 19.3 Å². The summed E-state index contributed by atoms with van der Waals surface area (Å²) >= 11 is 0. The summed E-state index contributed by atoms with van der Waals surface area (Å²) in [4.78, 5) is 7.98. The molecule has 13 heteroatoms. The predicted molar refractivity (Wildman–Crippen MR) is 117 cm³/mol. The number of rotatable bonds is 4. The summed E-state index contributed by atoms with van der Waals surface area (Å²) in [6.45, 7) is 0. The van der Waals surface area contributed by atoms with Gasteiger partial charge in [0.1, 0.15) is 0 Å². The van der Waals surface area contributed by atoms with Crippen molar-refractivity contribution in [2.24, 2.45) is 0 Å². The predicted octanol–water partition coefficient (Wildman–Crippen LogP) is 0.982. The summed E-state index contributed by atoms with van der Waals surface area (Å²) in [6.07, 6.45) is 10.7. The minimum absolute atomic E-state index is 0. The zero-order valence-corrected chi connectivity index (χ0v) is 20.8. The number of hydrogen-bond acceptors (Lipinski definition) is 8. The fraction of sp³-hybridized carbons (Fsp3) is 0. The van der Waals surface area contributed by atoms with Crippen molar-refractivity contribution in [2.75, 3.05) is 0 Å². The molecule has 12 nitrogen and oxygen atoms in total. The summed E-state index contributed by atoms with van der Waals surface area (Å²) in [6, 6.07) is 15.6. The Kier molecular flexibility index (Phi) is 7.03.